The van der Waals surface area contributed by atoms with E-state index in [4.69, 9.17) is 9.47 Å². The first-order valence-corrected chi connectivity index (χ1v) is 9.13. The van der Waals surface area contributed by atoms with Crippen LogP contribution in [0.3, 0.4) is 0 Å². The van der Waals surface area contributed by atoms with Crippen LogP contribution in [0, 0.1) is 0 Å². The number of ether oxygens (including phenoxy) is 2. The summed E-state index contributed by atoms with van der Waals surface area (Å²) in [5.41, 5.74) is 2.85. The Morgan fingerprint density at radius 2 is 1.32 bits per heavy atom. The Morgan fingerprint density at radius 3 is 1.88 bits per heavy atom. The Kier molecular flexibility index (Phi) is 5.96. The summed E-state index contributed by atoms with van der Waals surface area (Å²) >= 11 is 3.40. The van der Waals surface area contributed by atoms with Gasteiger partial charge in [-0.2, -0.15) is 0 Å². The molecule has 0 aliphatic rings. The van der Waals surface area contributed by atoms with Crippen LogP contribution >= 0.6 is 15.9 Å². The Morgan fingerprint density at radius 1 is 0.760 bits per heavy atom. The molecule has 0 saturated carbocycles. The van der Waals surface area contributed by atoms with E-state index < -0.39 is 0 Å². The monoisotopic (exact) mass is 398 g/mol. The second-order valence-corrected chi connectivity index (χ2v) is 6.16. The van der Waals surface area contributed by atoms with Gasteiger partial charge in [0.05, 0.1) is 0 Å². The highest BCUT2D eigenvalue weighted by Gasteiger charge is 2.12. The molecule has 0 saturated heterocycles. The predicted octanol–water partition coefficient (Wildman–Crippen LogP) is 5.45. The average molecular weight is 399 g/mol. The molecule has 0 atom stereocenters. The maximum Gasteiger partial charge on any atom is 0.131 e. The van der Waals surface area contributed by atoms with Crippen LogP contribution in [0.15, 0.2) is 72.8 Å². The summed E-state index contributed by atoms with van der Waals surface area (Å²) in [6, 6.07) is 23.3. The minimum absolute atomic E-state index is 0.158. The second-order valence-electron chi connectivity index (χ2n) is 5.60. The van der Waals surface area contributed by atoms with Crippen LogP contribution in [-0.2, 0) is 18.5 Å². The topological polar surface area (TPSA) is 38.7 Å². The lowest BCUT2D eigenvalue weighted by Crippen LogP contribution is -2.00. The maximum absolute atomic E-state index is 10.3. The summed E-state index contributed by atoms with van der Waals surface area (Å²) < 4.78 is 11.7. The minimum atomic E-state index is 0.158. The zero-order valence-corrected chi connectivity index (χ0v) is 15.3. The molecule has 3 aromatic carbocycles. The Bertz CT molecular complexity index is 804. The van der Waals surface area contributed by atoms with Crippen molar-refractivity contribution < 1.29 is 14.6 Å². The lowest BCUT2D eigenvalue weighted by atomic mass is 10.2. The van der Waals surface area contributed by atoms with Gasteiger partial charge in [-0.25, -0.2) is 0 Å². The van der Waals surface area contributed by atoms with Crippen molar-refractivity contribution in [2.75, 3.05) is 0 Å². The highest BCUT2D eigenvalue weighted by Crippen LogP contribution is 2.35. The van der Waals surface area contributed by atoms with E-state index in [9.17, 15) is 5.11 Å². The Labute approximate surface area is 156 Å². The van der Waals surface area contributed by atoms with E-state index in [2.05, 4.69) is 15.9 Å². The average Bonchev–Trinajstić information content (AvgIpc) is 2.66. The second kappa shape index (κ2) is 8.58. The maximum atomic E-state index is 10.3. The summed E-state index contributed by atoms with van der Waals surface area (Å²) in [6.45, 7) is 0.870. The zero-order valence-electron chi connectivity index (χ0n) is 13.7. The molecule has 0 fully saturated rings. The minimum Gasteiger partial charge on any atom is -0.507 e. The number of halogens is 1. The van der Waals surface area contributed by atoms with E-state index >= 15 is 0 Å². The molecule has 3 aromatic rings. The molecule has 0 unspecified atom stereocenters. The summed E-state index contributed by atoms with van der Waals surface area (Å²) in [7, 11) is 0. The first-order valence-electron chi connectivity index (χ1n) is 8.01. The van der Waals surface area contributed by atoms with E-state index in [-0.39, 0.29) is 5.75 Å². The summed E-state index contributed by atoms with van der Waals surface area (Å²) in [5, 5.41) is 10.8. The third-order valence-electron chi connectivity index (χ3n) is 3.78. The van der Waals surface area contributed by atoms with Gasteiger partial charge in [-0.05, 0) is 11.1 Å². The molecule has 0 aliphatic heterocycles. The molecule has 3 nitrogen and oxygen atoms in total. The largest absolute Gasteiger partial charge is 0.507 e. The molecular weight excluding hydrogens is 380 g/mol. The van der Waals surface area contributed by atoms with E-state index in [0.717, 1.165) is 11.1 Å². The van der Waals surface area contributed by atoms with Crippen molar-refractivity contribution in [3.8, 4) is 17.2 Å². The number of benzene rings is 3. The first kappa shape index (κ1) is 17.4. The summed E-state index contributed by atoms with van der Waals surface area (Å²) in [5.74, 6) is 1.35. The van der Waals surface area contributed by atoms with E-state index in [1.54, 1.807) is 6.07 Å². The van der Waals surface area contributed by atoms with Gasteiger partial charge in [-0.3, -0.25) is 0 Å². The number of hydrogen-bond acceptors (Lipinski definition) is 3. The van der Waals surface area contributed by atoms with Crippen LogP contribution in [0.1, 0.15) is 16.7 Å². The lowest BCUT2D eigenvalue weighted by Gasteiger charge is -2.14. The fraction of sp³-hybridized carbons (Fsp3) is 0.143. The standard InChI is InChI=1S/C21H19BrO3/c22-13-19-20(23)11-18(24-14-16-7-3-1-4-8-16)12-21(19)25-15-17-9-5-2-6-10-17/h1-12,23H,13-15H2. The third kappa shape index (κ3) is 4.77. The molecule has 0 bridgehead atoms. The van der Waals surface area contributed by atoms with Crippen molar-refractivity contribution in [3.05, 3.63) is 89.5 Å². The van der Waals surface area contributed by atoms with E-state index in [0.29, 0.717) is 35.6 Å². The normalized spacial score (nSPS) is 10.4. The fourth-order valence-electron chi connectivity index (χ4n) is 2.43. The molecule has 3 rings (SSSR count). The number of aromatic hydroxyl groups is 1. The fourth-order valence-corrected chi connectivity index (χ4v) is 2.99. The van der Waals surface area contributed by atoms with Gasteiger partial charge in [0.25, 0.3) is 0 Å². The van der Waals surface area contributed by atoms with Crippen LogP contribution in [0.2, 0.25) is 0 Å². The van der Waals surface area contributed by atoms with Crippen LogP contribution in [0.25, 0.3) is 0 Å². The van der Waals surface area contributed by atoms with Gasteiger partial charge >= 0.3 is 0 Å². The predicted molar refractivity (Wildman–Crippen MR) is 102 cm³/mol. The lowest BCUT2D eigenvalue weighted by molar-refractivity contribution is 0.285. The van der Waals surface area contributed by atoms with Crippen molar-refractivity contribution in [1.29, 1.82) is 0 Å². The van der Waals surface area contributed by atoms with Gasteiger partial charge in [0, 0.05) is 23.0 Å². The zero-order chi connectivity index (χ0) is 17.5. The molecule has 0 spiro atoms. The molecule has 0 aliphatic carbocycles. The Balaban J connectivity index is 1.75. The number of phenols is 1. The van der Waals surface area contributed by atoms with Gasteiger partial charge in [-0.1, -0.05) is 76.6 Å². The van der Waals surface area contributed by atoms with Crippen molar-refractivity contribution in [2.45, 2.75) is 18.5 Å². The number of rotatable bonds is 7. The molecule has 0 heterocycles. The van der Waals surface area contributed by atoms with Crippen molar-refractivity contribution in [2.24, 2.45) is 0 Å². The van der Waals surface area contributed by atoms with E-state index in [1.165, 1.54) is 0 Å². The number of hydrogen-bond donors (Lipinski definition) is 1. The highest BCUT2D eigenvalue weighted by molar-refractivity contribution is 9.08. The van der Waals surface area contributed by atoms with Gasteiger partial charge in [0.2, 0.25) is 0 Å². The molecule has 0 amide bonds. The third-order valence-corrected chi connectivity index (χ3v) is 4.34. The van der Waals surface area contributed by atoms with Gasteiger partial charge in [0.1, 0.15) is 30.5 Å². The quantitative estimate of drug-likeness (QED) is 0.538. The van der Waals surface area contributed by atoms with E-state index in [1.807, 2.05) is 66.7 Å². The summed E-state index contributed by atoms with van der Waals surface area (Å²) in [6.07, 6.45) is 0. The Hall–Kier alpha value is -2.46. The van der Waals surface area contributed by atoms with Crippen LogP contribution in [0.5, 0.6) is 17.2 Å². The molecular formula is C21H19BrO3. The van der Waals surface area contributed by atoms with Gasteiger partial charge < -0.3 is 14.6 Å². The molecule has 1 N–H and O–H groups in total. The molecule has 0 aromatic heterocycles. The van der Waals surface area contributed by atoms with Gasteiger partial charge in [-0.15, -0.1) is 0 Å². The molecule has 0 radical (unpaired) electrons. The van der Waals surface area contributed by atoms with Crippen molar-refractivity contribution >= 4 is 15.9 Å². The van der Waals surface area contributed by atoms with Crippen LogP contribution in [-0.4, -0.2) is 5.11 Å². The first-order chi connectivity index (χ1) is 12.3. The molecule has 25 heavy (non-hydrogen) atoms. The van der Waals surface area contributed by atoms with Crippen molar-refractivity contribution in [1.82, 2.24) is 0 Å². The summed E-state index contributed by atoms with van der Waals surface area (Å²) in [4.78, 5) is 0. The molecule has 128 valence electrons. The number of phenolic OH excluding ortho intramolecular Hbond substituents is 1. The van der Waals surface area contributed by atoms with Gasteiger partial charge in [0.15, 0.2) is 0 Å². The SMILES string of the molecule is Oc1cc(OCc2ccccc2)cc(OCc2ccccc2)c1CBr. The highest BCUT2D eigenvalue weighted by atomic mass is 79.9. The number of alkyl halides is 1. The molecule has 4 heteroatoms. The van der Waals surface area contributed by atoms with Crippen molar-refractivity contribution in [3.63, 3.8) is 0 Å². The van der Waals surface area contributed by atoms with Crippen LogP contribution < -0.4 is 9.47 Å². The smallest absolute Gasteiger partial charge is 0.131 e. The van der Waals surface area contributed by atoms with Crippen LogP contribution in [0.4, 0.5) is 0 Å².